The largest absolute Gasteiger partial charge is 0.357 e. The zero-order chi connectivity index (χ0) is 18.7. The summed E-state index contributed by atoms with van der Waals surface area (Å²) >= 11 is 0. The van der Waals surface area contributed by atoms with Gasteiger partial charge in [0.15, 0.2) is 0 Å². The van der Waals surface area contributed by atoms with Crippen LogP contribution in [-0.4, -0.2) is 43.9 Å². The fourth-order valence-corrected chi connectivity index (χ4v) is 2.40. The standard InChI is InChI=1S/C17H34N4O3/c1-6-12(3)13(4)16(23)20-10-15(22)21-14(17(24)19-5)9-11(2)7-8-18/h11-14H,6-10,18H2,1-5H3,(H,19,24)(H,20,23)(H,21,22)/t11?,12-,13?,14?/m0/s1. The molecule has 24 heavy (non-hydrogen) atoms. The van der Waals surface area contributed by atoms with E-state index >= 15 is 0 Å². The van der Waals surface area contributed by atoms with Crippen molar-refractivity contribution in [2.24, 2.45) is 23.5 Å². The molecule has 0 bridgehead atoms. The summed E-state index contributed by atoms with van der Waals surface area (Å²) < 4.78 is 0. The first-order chi connectivity index (χ1) is 11.3. The Labute approximate surface area is 145 Å². The van der Waals surface area contributed by atoms with Crippen LogP contribution in [0.4, 0.5) is 0 Å². The molecule has 0 aromatic carbocycles. The number of nitrogens with one attached hydrogen (secondary N) is 3. The molecule has 3 amide bonds. The molecule has 0 aromatic rings. The average Bonchev–Trinajstić information content (AvgIpc) is 2.56. The fraction of sp³-hybridized carbons (Fsp3) is 0.824. The average molecular weight is 342 g/mol. The van der Waals surface area contributed by atoms with Gasteiger partial charge in [-0.1, -0.05) is 34.1 Å². The molecule has 0 saturated heterocycles. The molecule has 0 aliphatic rings. The van der Waals surface area contributed by atoms with Gasteiger partial charge in [0.1, 0.15) is 6.04 Å². The second-order valence-corrected chi connectivity index (χ2v) is 6.54. The maximum atomic E-state index is 12.0. The molecule has 0 rings (SSSR count). The van der Waals surface area contributed by atoms with E-state index in [4.69, 9.17) is 5.73 Å². The summed E-state index contributed by atoms with van der Waals surface area (Å²) in [5, 5.41) is 7.87. The van der Waals surface area contributed by atoms with E-state index in [-0.39, 0.29) is 42.0 Å². The zero-order valence-electron chi connectivity index (χ0n) is 15.6. The van der Waals surface area contributed by atoms with Crippen LogP contribution < -0.4 is 21.7 Å². The Morgan fingerprint density at radius 3 is 2.21 bits per heavy atom. The van der Waals surface area contributed by atoms with Crippen molar-refractivity contribution >= 4 is 17.7 Å². The van der Waals surface area contributed by atoms with Crippen molar-refractivity contribution in [1.82, 2.24) is 16.0 Å². The van der Waals surface area contributed by atoms with E-state index in [2.05, 4.69) is 16.0 Å². The van der Waals surface area contributed by atoms with E-state index in [0.29, 0.717) is 13.0 Å². The van der Waals surface area contributed by atoms with Crippen LogP contribution >= 0.6 is 0 Å². The van der Waals surface area contributed by atoms with Gasteiger partial charge in [0.25, 0.3) is 0 Å². The predicted octanol–water partition coefficient (Wildman–Crippen LogP) is 0.391. The minimum absolute atomic E-state index is 0.127. The SMILES string of the molecule is CC[C@H](C)C(C)C(=O)NCC(=O)NC(CC(C)CCN)C(=O)NC. The number of amides is 3. The van der Waals surface area contributed by atoms with Gasteiger partial charge in [-0.15, -0.1) is 0 Å². The molecule has 0 aliphatic heterocycles. The van der Waals surface area contributed by atoms with E-state index in [0.717, 1.165) is 12.8 Å². The Morgan fingerprint density at radius 1 is 1.08 bits per heavy atom. The molecule has 0 aromatic heterocycles. The summed E-state index contributed by atoms with van der Waals surface area (Å²) in [7, 11) is 1.53. The van der Waals surface area contributed by atoms with Crippen LogP contribution in [0.3, 0.4) is 0 Å². The number of likely N-dealkylation sites (N-methyl/N-ethyl adjacent to an activating group) is 1. The van der Waals surface area contributed by atoms with Crippen molar-refractivity contribution in [2.75, 3.05) is 20.1 Å². The molecular formula is C17H34N4O3. The van der Waals surface area contributed by atoms with Crippen LogP contribution in [0.1, 0.15) is 47.0 Å². The zero-order valence-corrected chi connectivity index (χ0v) is 15.6. The van der Waals surface area contributed by atoms with Gasteiger partial charge in [0.2, 0.25) is 17.7 Å². The fourth-order valence-electron chi connectivity index (χ4n) is 2.40. The summed E-state index contributed by atoms with van der Waals surface area (Å²) in [6, 6.07) is -0.618. The Kier molecular flexibility index (Phi) is 11.0. The van der Waals surface area contributed by atoms with Gasteiger partial charge in [-0.25, -0.2) is 0 Å². The lowest BCUT2D eigenvalue weighted by atomic mass is 9.93. The highest BCUT2D eigenvalue weighted by Gasteiger charge is 2.23. The van der Waals surface area contributed by atoms with E-state index < -0.39 is 6.04 Å². The molecule has 0 aliphatic carbocycles. The quantitative estimate of drug-likeness (QED) is 0.435. The van der Waals surface area contributed by atoms with Crippen molar-refractivity contribution in [3.05, 3.63) is 0 Å². The number of carbonyl (C=O) groups is 3. The summed E-state index contributed by atoms with van der Waals surface area (Å²) in [5.41, 5.74) is 5.52. The van der Waals surface area contributed by atoms with Gasteiger partial charge in [-0.3, -0.25) is 14.4 Å². The smallest absolute Gasteiger partial charge is 0.242 e. The highest BCUT2D eigenvalue weighted by molar-refractivity contribution is 5.90. The van der Waals surface area contributed by atoms with E-state index in [9.17, 15) is 14.4 Å². The normalized spacial score (nSPS) is 15.8. The topological polar surface area (TPSA) is 113 Å². The highest BCUT2D eigenvalue weighted by atomic mass is 16.2. The third kappa shape index (κ3) is 8.29. The summed E-state index contributed by atoms with van der Waals surface area (Å²) in [6.07, 6.45) is 2.20. The first-order valence-electron chi connectivity index (χ1n) is 8.75. The first-order valence-corrected chi connectivity index (χ1v) is 8.75. The molecule has 7 heteroatoms. The number of rotatable bonds is 11. The molecular weight excluding hydrogens is 308 g/mol. The Balaban J connectivity index is 4.51. The predicted molar refractivity (Wildman–Crippen MR) is 95.1 cm³/mol. The van der Waals surface area contributed by atoms with Crippen LogP contribution in [0.2, 0.25) is 0 Å². The third-order valence-electron chi connectivity index (χ3n) is 4.53. The second kappa shape index (κ2) is 11.8. The monoisotopic (exact) mass is 342 g/mol. The summed E-state index contributed by atoms with van der Waals surface area (Å²) in [6.45, 7) is 8.29. The maximum Gasteiger partial charge on any atom is 0.242 e. The molecule has 140 valence electrons. The number of carbonyl (C=O) groups excluding carboxylic acids is 3. The van der Waals surface area contributed by atoms with Crippen LogP contribution in [0.5, 0.6) is 0 Å². The van der Waals surface area contributed by atoms with Crippen LogP contribution in [-0.2, 0) is 14.4 Å². The Morgan fingerprint density at radius 2 is 1.71 bits per heavy atom. The van der Waals surface area contributed by atoms with Gasteiger partial charge < -0.3 is 21.7 Å². The van der Waals surface area contributed by atoms with Crippen molar-refractivity contribution in [2.45, 2.75) is 53.0 Å². The lowest BCUT2D eigenvalue weighted by molar-refractivity contribution is -0.131. The number of hydrogen-bond donors (Lipinski definition) is 4. The third-order valence-corrected chi connectivity index (χ3v) is 4.53. The van der Waals surface area contributed by atoms with Gasteiger partial charge in [0.05, 0.1) is 6.54 Å². The molecule has 3 unspecified atom stereocenters. The van der Waals surface area contributed by atoms with Crippen molar-refractivity contribution in [3.63, 3.8) is 0 Å². The number of nitrogens with two attached hydrogens (primary N) is 1. The van der Waals surface area contributed by atoms with Gasteiger partial charge in [0, 0.05) is 13.0 Å². The minimum Gasteiger partial charge on any atom is -0.357 e. The lowest BCUT2D eigenvalue weighted by Crippen LogP contribution is -2.50. The Bertz CT molecular complexity index is 415. The maximum absolute atomic E-state index is 12.0. The van der Waals surface area contributed by atoms with Crippen LogP contribution in [0.25, 0.3) is 0 Å². The van der Waals surface area contributed by atoms with Gasteiger partial charge in [-0.2, -0.15) is 0 Å². The van der Waals surface area contributed by atoms with Crippen molar-refractivity contribution in [3.8, 4) is 0 Å². The van der Waals surface area contributed by atoms with Crippen molar-refractivity contribution < 1.29 is 14.4 Å². The Hall–Kier alpha value is -1.63. The van der Waals surface area contributed by atoms with E-state index in [1.165, 1.54) is 7.05 Å². The lowest BCUT2D eigenvalue weighted by Gasteiger charge is -2.21. The van der Waals surface area contributed by atoms with Gasteiger partial charge >= 0.3 is 0 Å². The molecule has 7 nitrogen and oxygen atoms in total. The molecule has 0 heterocycles. The molecule has 0 spiro atoms. The van der Waals surface area contributed by atoms with Crippen LogP contribution in [0.15, 0.2) is 0 Å². The van der Waals surface area contributed by atoms with Crippen molar-refractivity contribution in [1.29, 1.82) is 0 Å². The summed E-state index contributed by atoms with van der Waals surface area (Å²) in [5.74, 6) is -0.434. The molecule has 0 fully saturated rings. The molecule has 4 atom stereocenters. The van der Waals surface area contributed by atoms with E-state index in [1.807, 2.05) is 27.7 Å². The summed E-state index contributed by atoms with van der Waals surface area (Å²) in [4.78, 5) is 36.0. The minimum atomic E-state index is -0.618. The van der Waals surface area contributed by atoms with Crippen LogP contribution in [0, 0.1) is 17.8 Å². The highest BCUT2D eigenvalue weighted by Crippen LogP contribution is 2.14. The molecule has 0 radical (unpaired) electrons. The van der Waals surface area contributed by atoms with E-state index in [1.54, 1.807) is 0 Å². The molecule has 5 N–H and O–H groups in total. The molecule has 0 saturated carbocycles. The first kappa shape index (κ1) is 22.4. The number of hydrogen-bond acceptors (Lipinski definition) is 4. The second-order valence-electron chi connectivity index (χ2n) is 6.54. The van der Waals surface area contributed by atoms with Gasteiger partial charge in [-0.05, 0) is 31.2 Å².